The van der Waals surface area contributed by atoms with Gasteiger partial charge in [-0.3, -0.25) is 0 Å². The molecule has 0 bridgehead atoms. The molecule has 1 unspecified atom stereocenters. The van der Waals surface area contributed by atoms with E-state index in [2.05, 4.69) is 12.2 Å². The number of nitrogens with zero attached hydrogens (tertiary/aromatic N) is 1. The van der Waals surface area contributed by atoms with Crippen molar-refractivity contribution in [3.63, 3.8) is 0 Å². The Kier molecular flexibility index (Phi) is 6.68. The van der Waals surface area contributed by atoms with Gasteiger partial charge in [0, 0.05) is 19.6 Å². The molecule has 1 rings (SSSR count). The summed E-state index contributed by atoms with van der Waals surface area (Å²) in [6, 6.07) is 7.38. The molecule has 0 aliphatic carbocycles. The normalized spacial score (nSPS) is 12.8. The zero-order valence-electron chi connectivity index (χ0n) is 14.2. The minimum absolute atomic E-state index is 0.201. The molecule has 22 heavy (non-hydrogen) atoms. The van der Waals surface area contributed by atoms with Gasteiger partial charge < -0.3 is 20.1 Å². The van der Waals surface area contributed by atoms with Crippen LogP contribution >= 0.6 is 0 Å². The summed E-state index contributed by atoms with van der Waals surface area (Å²) < 4.78 is 5.30. The number of hydrogen-bond acceptors (Lipinski definition) is 4. The highest BCUT2D eigenvalue weighted by Gasteiger charge is 2.19. The monoisotopic (exact) mass is 308 g/mol. The van der Waals surface area contributed by atoms with Crippen LogP contribution in [0, 0.1) is 0 Å². The number of phenols is 1. The van der Waals surface area contributed by atoms with Gasteiger partial charge in [-0.05, 0) is 58.4 Å². The van der Waals surface area contributed by atoms with Crippen LogP contribution in [0.1, 0.15) is 45.7 Å². The third-order valence-corrected chi connectivity index (χ3v) is 3.22. The molecular weight excluding hydrogens is 280 g/mol. The van der Waals surface area contributed by atoms with E-state index in [0.29, 0.717) is 6.54 Å². The summed E-state index contributed by atoms with van der Waals surface area (Å²) in [5.74, 6) is 0.273. The van der Waals surface area contributed by atoms with Crippen molar-refractivity contribution >= 4 is 6.09 Å². The molecule has 0 heterocycles. The highest BCUT2D eigenvalue weighted by molar-refractivity contribution is 5.67. The molecule has 0 aliphatic heterocycles. The van der Waals surface area contributed by atoms with Crippen LogP contribution in [0.3, 0.4) is 0 Å². The van der Waals surface area contributed by atoms with E-state index in [4.69, 9.17) is 4.74 Å². The number of nitrogens with one attached hydrogen (secondary N) is 1. The van der Waals surface area contributed by atoms with Crippen molar-refractivity contribution in [2.24, 2.45) is 0 Å². The van der Waals surface area contributed by atoms with Gasteiger partial charge in [0.25, 0.3) is 0 Å². The third kappa shape index (κ3) is 6.80. The molecule has 5 heteroatoms. The number of amides is 1. The van der Waals surface area contributed by atoms with Crippen molar-refractivity contribution in [3.8, 4) is 5.75 Å². The lowest BCUT2D eigenvalue weighted by molar-refractivity contribution is 0.0297. The molecular formula is C17H28N2O3. The molecule has 0 saturated heterocycles. The largest absolute Gasteiger partial charge is 0.508 e. The molecule has 1 amide bonds. The van der Waals surface area contributed by atoms with Crippen LogP contribution in [0.15, 0.2) is 24.3 Å². The summed E-state index contributed by atoms with van der Waals surface area (Å²) in [6.07, 6.45) is 0.553. The van der Waals surface area contributed by atoms with Crippen LogP contribution in [0.5, 0.6) is 5.75 Å². The van der Waals surface area contributed by atoms with E-state index in [1.807, 2.05) is 32.9 Å². The lowest BCUT2D eigenvalue weighted by Gasteiger charge is -2.24. The van der Waals surface area contributed by atoms with Crippen molar-refractivity contribution in [1.29, 1.82) is 0 Å². The van der Waals surface area contributed by atoms with E-state index in [1.54, 1.807) is 24.1 Å². The Morgan fingerprint density at radius 3 is 2.45 bits per heavy atom. The fourth-order valence-corrected chi connectivity index (χ4v) is 1.95. The molecule has 1 atom stereocenters. The summed E-state index contributed by atoms with van der Waals surface area (Å²) in [5, 5.41) is 12.7. The number of hydrogen-bond donors (Lipinski definition) is 2. The molecule has 0 aliphatic rings. The van der Waals surface area contributed by atoms with Crippen LogP contribution in [0.25, 0.3) is 0 Å². The number of ether oxygens (including phenoxy) is 1. The number of aromatic hydroxyl groups is 1. The van der Waals surface area contributed by atoms with E-state index in [0.717, 1.165) is 18.5 Å². The fourth-order valence-electron chi connectivity index (χ4n) is 1.95. The van der Waals surface area contributed by atoms with Gasteiger partial charge in [0.05, 0.1) is 0 Å². The summed E-state index contributed by atoms with van der Waals surface area (Å²) in [6.45, 7) is 9.10. The Morgan fingerprint density at radius 2 is 1.91 bits per heavy atom. The van der Waals surface area contributed by atoms with Gasteiger partial charge in [-0.15, -0.1) is 0 Å². The maximum atomic E-state index is 11.8. The first-order valence-electron chi connectivity index (χ1n) is 7.65. The number of carbonyl (C=O) groups excluding carboxylic acids is 1. The van der Waals surface area contributed by atoms with Crippen molar-refractivity contribution in [2.75, 3.05) is 20.1 Å². The number of rotatable bonds is 6. The third-order valence-electron chi connectivity index (χ3n) is 3.22. The second-order valence-electron chi connectivity index (χ2n) is 6.52. The Labute approximate surface area is 133 Å². The molecule has 0 fully saturated rings. The lowest BCUT2D eigenvalue weighted by atomic mass is 10.1. The molecule has 5 nitrogen and oxygen atoms in total. The Hall–Kier alpha value is -1.75. The van der Waals surface area contributed by atoms with Gasteiger partial charge in [0.2, 0.25) is 0 Å². The average molecular weight is 308 g/mol. The first-order valence-corrected chi connectivity index (χ1v) is 7.65. The van der Waals surface area contributed by atoms with Gasteiger partial charge in [-0.1, -0.05) is 12.1 Å². The minimum Gasteiger partial charge on any atom is -0.508 e. The maximum absolute atomic E-state index is 11.8. The standard InChI is InChI=1S/C17H28N2O3/c1-13(14-7-9-15(20)10-8-14)18-11-6-12-19(5)16(21)22-17(2,3)4/h7-10,13,18,20H,6,11-12H2,1-5H3. The highest BCUT2D eigenvalue weighted by Crippen LogP contribution is 2.16. The topological polar surface area (TPSA) is 61.8 Å². The fraction of sp³-hybridized carbons (Fsp3) is 0.588. The van der Waals surface area contributed by atoms with E-state index < -0.39 is 5.60 Å². The minimum atomic E-state index is -0.461. The Balaban J connectivity index is 2.27. The quantitative estimate of drug-likeness (QED) is 0.792. The number of carbonyl (C=O) groups is 1. The smallest absolute Gasteiger partial charge is 0.410 e. The van der Waals surface area contributed by atoms with E-state index in [9.17, 15) is 9.90 Å². The molecule has 0 saturated carbocycles. The van der Waals surface area contributed by atoms with Gasteiger partial charge in [0.15, 0.2) is 0 Å². The van der Waals surface area contributed by atoms with E-state index in [1.165, 1.54) is 0 Å². The second kappa shape index (κ2) is 8.03. The van der Waals surface area contributed by atoms with E-state index >= 15 is 0 Å². The maximum Gasteiger partial charge on any atom is 0.410 e. The van der Waals surface area contributed by atoms with Gasteiger partial charge in [0.1, 0.15) is 11.4 Å². The predicted octanol–water partition coefficient (Wildman–Crippen LogP) is 3.30. The molecule has 0 aromatic heterocycles. The van der Waals surface area contributed by atoms with Crippen molar-refractivity contribution in [3.05, 3.63) is 29.8 Å². The first-order chi connectivity index (χ1) is 10.2. The lowest BCUT2D eigenvalue weighted by Crippen LogP contribution is -2.35. The SMILES string of the molecule is CC(NCCCN(C)C(=O)OC(C)(C)C)c1ccc(O)cc1. The van der Waals surface area contributed by atoms with Crippen LogP contribution in [-0.4, -0.2) is 41.8 Å². The van der Waals surface area contributed by atoms with Crippen molar-refractivity contribution in [1.82, 2.24) is 10.2 Å². The molecule has 0 radical (unpaired) electrons. The average Bonchev–Trinajstić information content (AvgIpc) is 2.42. The van der Waals surface area contributed by atoms with Crippen LogP contribution < -0.4 is 5.32 Å². The predicted molar refractivity (Wildman–Crippen MR) is 88.0 cm³/mol. The molecule has 1 aromatic rings. The Bertz CT molecular complexity index is 466. The highest BCUT2D eigenvalue weighted by atomic mass is 16.6. The van der Waals surface area contributed by atoms with Crippen LogP contribution in [0.4, 0.5) is 4.79 Å². The molecule has 2 N–H and O–H groups in total. The summed E-state index contributed by atoms with van der Waals surface area (Å²) in [5.41, 5.74) is 0.662. The van der Waals surface area contributed by atoms with Crippen LogP contribution in [-0.2, 0) is 4.74 Å². The van der Waals surface area contributed by atoms with Gasteiger partial charge in [-0.2, -0.15) is 0 Å². The zero-order valence-corrected chi connectivity index (χ0v) is 14.2. The van der Waals surface area contributed by atoms with Crippen molar-refractivity contribution in [2.45, 2.75) is 45.8 Å². The number of phenolic OH excluding ortho intramolecular Hbond substituents is 1. The summed E-state index contributed by atoms with van der Waals surface area (Å²) in [4.78, 5) is 13.4. The zero-order chi connectivity index (χ0) is 16.8. The molecule has 0 spiro atoms. The van der Waals surface area contributed by atoms with Crippen LogP contribution in [0.2, 0.25) is 0 Å². The first kappa shape index (κ1) is 18.3. The second-order valence-corrected chi connectivity index (χ2v) is 6.52. The van der Waals surface area contributed by atoms with Gasteiger partial charge >= 0.3 is 6.09 Å². The summed E-state index contributed by atoms with van der Waals surface area (Å²) in [7, 11) is 1.75. The summed E-state index contributed by atoms with van der Waals surface area (Å²) >= 11 is 0. The molecule has 1 aromatic carbocycles. The van der Waals surface area contributed by atoms with Crippen molar-refractivity contribution < 1.29 is 14.6 Å². The molecule has 124 valence electrons. The Morgan fingerprint density at radius 1 is 1.32 bits per heavy atom. The van der Waals surface area contributed by atoms with Gasteiger partial charge in [-0.25, -0.2) is 4.79 Å². The van der Waals surface area contributed by atoms with E-state index in [-0.39, 0.29) is 17.9 Å². The number of benzene rings is 1.